The number of carbonyl (C=O) groups is 3. The molecular weight excluding hydrogens is 521 g/mol. The van der Waals surface area contributed by atoms with Crippen LogP contribution < -0.4 is 4.46 Å². The number of halogens is 1. The van der Waals surface area contributed by atoms with E-state index in [4.69, 9.17) is 14.2 Å². The zero-order valence-electron chi connectivity index (χ0n) is 18.5. The van der Waals surface area contributed by atoms with Gasteiger partial charge in [0.25, 0.3) is 0 Å². The van der Waals surface area contributed by atoms with Gasteiger partial charge in [-0.3, -0.25) is 0 Å². The fourth-order valence-corrected chi connectivity index (χ4v) is 4.42. The van der Waals surface area contributed by atoms with E-state index in [-0.39, 0.29) is 21.4 Å². The summed E-state index contributed by atoms with van der Waals surface area (Å²) in [7, 11) is 1.22. The van der Waals surface area contributed by atoms with Gasteiger partial charge in [-0.2, -0.15) is 0 Å². The van der Waals surface area contributed by atoms with Crippen LogP contribution in [0.25, 0.3) is 0 Å². The third-order valence-electron chi connectivity index (χ3n) is 3.44. The predicted octanol–water partition coefficient (Wildman–Crippen LogP) is 4.30. The quantitative estimate of drug-likeness (QED) is 0.298. The summed E-state index contributed by atoms with van der Waals surface area (Å²) < 4.78 is 17.7. The van der Waals surface area contributed by atoms with E-state index in [1.807, 2.05) is 24.3 Å². The Kier molecular flexibility index (Phi) is 9.85. The summed E-state index contributed by atoms with van der Waals surface area (Å²) in [6, 6.07) is 6.75. The van der Waals surface area contributed by atoms with Crippen molar-refractivity contribution in [3.63, 3.8) is 0 Å². The summed E-state index contributed by atoms with van der Waals surface area (Å²) in [5, 5.41) is 0.608. The van der Waals surface area contributed by atoms with Crippen LogP contribution in [0.5, 0.6) is 0 Å². The molecular formula is C21H30BrNO6Se. The molecule has 0 aromatic heterocycles. The second-order valence-corrected chi connectivity index (χ2v) is 11.8. The van der Waals surface area contributed by atoms with E-state index >= 15 is 0 Å². The predicted molar refractivity (Wildman–Crippen MR) is 119 cm³/mol. The van der Waals surface area contributed by atoms with Gasteiger partial charge in [0.15, 0.2) is 0 Å². The molecule has 168 valence electrons. The van der Waals surface area contributed by atoms with Crippen molar-refractivity contribution in [2.45, 2.75) is 70.5 Å². The summed E-state index contributed by atoms with van der Waals surface area (Å²) in [5.74, 6) is -0.696. The molecule has 0 radical (unpaired) electrons. The van der Waals surface area contributed by atoms with Crippen molar-refractivity contribution in [1.29, 1.82) is 0 Å². The van der Waals surface area contributed by atoms with Crippen LogP contribution in [0, 0.1) is 0 Å². The number of ether oxygens (including phenoxy) is 3. The minimum absolute atomic E-state index is 0.0422. The summed E-state index contributed by atoms with van der Waals surface area (Å²) in [6.45, 7) is 10.1. The van der Waals surface area contributed by atoms with Crippen LogP contribution in [0.2, 0.25) is 5.32 Å². The summed E-state index contributed by atoms with van der Waals surface area (Å²) in [5.41, 5.74) is -1.70. The molecule has 1 aromatic rings. The molecule has 1 rings (SSSR count). The van der Waals surface area contributed by atoms with Gasteiger partial charge in [0.05, 0.1) is 0 Å². The molecule has 0 unspecified atom stereocenters. The summed E-state index contributed by atoms with van der Waals surface area (Å²) >= 11 is 3.44. The molecule has 0 fully saturated rings. The van der Waals surface area contributed by atoms with Gasteiger partial charge in [0.2, 0.25) is 0 Å². The first-order valence-electron chi connectivity index (χ1n) is 9.45. The number of benzene rings is 1. The van der Waals surface area contributed by atoms with Crippen LogP contribution in [0.1, 0.15) is 48.0 Å². The third kappa shape index (κ3) is 9.49. The van der Waals surface area contributed by atoms with Crippen molar-refractivity contribution in [3.05, 3.63) is 28.7 Å². The van der Waals surface area contributed by atoms with Gasteiger partial charge in [-0.15, -0.1) is 0 Å². The molecule has 0 aliphatic heterocycles. The number of imide groups is 1. The topological polar surface area (TPSA) is 82.1 Å². The second kappa shape index (κ2) is 11.2. The molecule has 0 saturated heterocycles. The monoisotopic (exact) mass is 551 g/mol. The summed E-state index contributed by atoms with van der Waals surface area (Å²) in [4.78, 5) is 38.9. The normalized spacial score (nSPS) is 12.7. The van der Waals surface area contributed by atoms with Crippen LogP contribution in [0.4, 0.5) is 9.59 Å². The molecule has 0 heterocycles. The Morgan fingerprint density at radius 1 is 0.967 bits per heavy atom. The van der Waals surface area contributed by atoms with Crippen molar-refractivity contribution < 1.29 is 28.6 Å². The van der Waals surface area contributed by atoms with Crippen molar-refractivity contribution in [2.24, 2.45) is 0 Å². The number of methoxy groups -OCH3 is 1. The first-order chi connectivity index (χ1) is 13.7. The van der Waals surface area contributed by atoms with Crippen LogP contribution in [0.3, 0.4) is 0 Å². The Morgan fingerprint density at radius 2 is 1.43 bits per heavy atom. The number of esters is 1. The maximum atomic E-state index is 12.8. The van der Waals surface area contributed by atoms with Crippen LogP contribution in [0.15, 0.2) is 28.7 Å². The molecule has 0 aliphatic carbocycles. The zero-order chi connectivity index (χ0) is 23.1. The second-order valence-electron chi connectivity index (χ2n) is 8.46. The van der Waals surface area contributed by atoms with E-state index in [0.29, 0.717) is 5.32 Å². The van der Waals surface area contributed by atoms with Crippen molar-refractivity contribution in [1.82, 2.24) is 4.90 Å². The maximum absolute atomic E-state index is 12.8. The summed E-state index contributed by atoms with van der Waals surface area (Å²) in [6.07, 6.45) is -1.65. The van der Waals surface area contributed by atoms with Crippen molar-refractivity contribution >= 4 is 53.5 Å². The first-order valence-corrected chi connectivity index (χ1v) is 12.3. The van der Waals surface area contributed by atoms with Gasteiger partial charge in [-0.25, -0.2) is 0 Å². The van der Waals surface area contributed by atoms with E-state index < -0.39 is 35.4 Å². The van der Waals surface area contributed by atoms with Gasteiger partial charge >= 0.3 is 193 Å². The van der Waals surface area contributed by atoms with E-state index in [1.165, 1.54) is 7.11 Å². The number of rotatable bonds is 6. The average Bonchev–Trinajstić information content (AvgIpc) is 2.58. The van der Waals surface area contributed by atoms with E-state index in [1.54, 1.807) is 41.5 Å². The standard InChI is InChI=1S/C21H30BrNO6Se/c1-20(2,3)28-18(25)23(19(26)29-21(4,5)6)16(17(24)27-7)12-13-30-15-10-8-14(22)9-11-15/h8-11,16H,12-13H2,1-7H3/t16-/m0/s1. The Labute approximate surface area is 193 Å². The molecule has 7 nitrogen and oxygen atoms in total. The number of hydrogen-bond donors (Lipinski definition) is 0. The first kappa shape index (κ1) is 26.5. The molecule has 0 spiro atoms. The molecule has 1 atom stereocenters. The van der Waals surface area contributed by atoms with Crippen LogP contribution in [-0.4, -0.2) is 62.4 Å². The van der Waals surface area contributed by atoms with Gasteiger partial charge in [0, 0.05) is 0 Å². The SMILES string of the molecule is COC(=O)[C@H](CC[Se]c1ccc(Br)cc1)N(C(=O)OC(C)(C)C)C(=O)OC(C)(C)C. The van der Waals surface area contributed by atoms with E-state index in [0.717, 1.165) is 13.8 Å². The Hall–Kier alpha value is -1.57. The average molecular weight is 551 g/mol. The van der Waals surface area contributed by atoms with Crippen molar-refractivity contribution in [3.8, 4) is 0 Å². The van der Waals surface area contributed by atoms with Crippen LogP contribution in [-0.2, 0) is 19.0 Å². The number of carbonyl (C=O) groups excluding carboxylic acids is 3. The molecule has 0 aliphatic rings. The number of hydrogen-bond acceptors (Lipinski definition) is 6. The Balaban J connectivity index is 3.08. The fraction of sp³-hybridized carbons (Fsp3) is 0.571. The van der Waals surface area contributed by atoms with Gasteiger partial charge in [-0.05, 0) is 0 Å². The van der Waals surface area contributed by atoms with Crippen molar-refractivity contribution in [2.75, 3.05) is 7.11 Å². The third-order valence-corrected chi connectivity index (χ3v) is 6.16. The Morgan fingerprint density at radius 3 is 1.83 bits per heavy atom. The molecule has 2 amide bonds. The number of nitrogens with zero attached hydrogens (tertiary/aromatic N) is 1. The van der Waals surface area contributed by atoms with E-state index in [2.05, 4.69) is 15.9 Å². The van der Waals surface area contributed by atoms with Crippen LogP contribution >= 0.6 is 15.9 Å². The molecule has 9 heteroatoms. The number of amides is 2. The van der Waals surface area contributed by atoms with Gasteiger partial charge in [0.1, 0.15) is 0 Å². The fourth-order valence-electron chi connectivity index (χ4n) is 2.26. The minimum atomic E-state index is -1.14. The molecule has 0 bridgehead atoms. The molecule has 30 heavy (non-hydrogen) atoms. The van der Waals surface area contributed by atoms with Gasteiger partial charge < -0.3 is 0 Å². The Bertz CT molecular complexity index is 711. The van der Waals surface area contributed by atoms with E-state index in [9.17, 15) is 14.4 Å². The zero-order valence-corrected chi connectivity index (χ0v) is 21.8. The van der Waals surface area contributed by atoms with Gasteiger partial charge in [-0.1, -0.05) is 0 Å². The molecule has 0 saturated carbocycles. The molecule has 0 N–H and O–H groups in total. The molecule has 1 aromatic carbocycles.